The Morgan fingerprint density at radius 2 is 1.93 bits per heavy atom. The fourth-order valence-electron chi connectivity index (χ4n) is 2.77. The molecular weight excluding hydrogens is 393 g/mol. The molecule has 1 heterocycles. The number of ether oxygens (including phenoxy) is 1. The maximum absolute atomic E-state index is 13.6. The Morgan fingerprint density at radius 3 is 2.55 bits per heavy atom. The molecule has 8 heteroatoms. The number of halogens is 1. The third-order valence-corrected chi connectivity index (χ3v) is 5.09. The highest BCUT2D eigenvalue weighted by Crippen LogP contribution is 2.29. The molecule has 2 aromatic rings. The summed E-state index contributed by atoms with van der Waals surface area (Å²) in [5, 5.41) is 0.575. The van der Waals surface area contributed by atoms with Gasteiger partial charge in [-0.1, -0.05) is 13.0 Å². The van der Waals surface area contributed by atoms with E-state index in [1.54, 1.807) is 44.1 Å². The molecule has 0 atom stereocenters. The Bertz CT molecular complexity index is 891. The van der Waals surface area contributed by atoms with Crippen molar-refractivity contribution in [3.63, 3.8) is 0 Å². The van der Waals surface area contributed by atoms with Crippen LogP contribution in [-0.2, 0) is 9.53 Å². The smallest absolute Gasteiger partial charge is 0.325 e. The van der Waals surface area contributed by atoms with Gasteiger partial charge in [0.25, 0.3) is 5.91 Å². The van der Waals surface area contributed by atoms with Crippen molar-refractivity contribution >= 4 is 35.1 Å². The van der Waals surface area contributed by atoms with Crippen LogP contribution in [0.3, 0.4) is 0 Å². The molecule has 0 aliphatic heterocycles. The number of benzene rings is 1. The quantitative estimate of drug-likeness (QED) is 0.477. The summed E-state index contributed by atoms with van der Waals surface area (Å²) in [6.07, 6.45) is 0. The second kappa shape index (κ2) is 10.2. The minimum Gasteiger partial charge on any atom is -0.465 e. The summed E-state index contributed by atoms with van der Waals surface area (Å²) in [5.41, 5.74) is 1.66. The maximum atomic E-state index is 13.6. The van der Waals surface area contributed by atoms with Crippen LogP contribution >= 0.6 is 11.8 Å². The van der Waals surface area contributed by atoms with Crippen molar-refractivity contribution in [1.82, 2.24) is 4.98 Å². The number of likely N-dealkylation sites (N-methyl/N-ethyl adjacent to an activating group) is 1. The minimum absolute atomic E-state index is 0.0625. The standard InChI is InChI=1S/C21H26FN3O3S/c1-6-28-18(26)13-24(4)17-11-14(3)19(20(23-17)29-7-2)21(27)25(5)16-10-8-9-15(22)12-16/h8-12H,6-7,13H2,1-5H3. The van der Waals surface area contributed by atoms with E-state index < -0.39 is 5.82 Å². The number of hydrogen-bond acceptors (Lipinski definition) is 6. The summed E-state index contributed by atoms with van der Waals surface area (Å²) in [5.74, 6) is 0.287. The van der Waals surface area contributed by atoms with E-state index in [1.165, 1.54) is 28.8 Å². The van der Waals surface area contributed by atoms with Gasteiger partial charge < -0.3 is 14.5 Å². The summed E-state index contributed by atoms with van der Waals surface area (Å²) in [7, 11) is 3.36. The SMILES string of the molecule is CCOC(=O)CN(C)c1cc(C)c(C(=O)N(C)c2cccc(F)c2)c(SCC)n1. The highest BCUT2D eigenvalue weighted by atomic mass is 32.2. The van der Waals surface area contributed by atoms with Crippen LogP contribution in [0.2, 0.25) is 0 Å². The molecule has 0 aliphatic rings. The number of pyridine rings is 1. The van der Waals surface area contributed by atoms with Crippen LogP contribution in [0.5, 0.6) is 0 Å². The summed E-state index contributed by atoms with van der Waals surface area (Å²) < 4.78 is 18.6. The largest absolute Gasteiger partial charge is 0.465 e. The van der Waals surface area contributed by atoms with E-state index in [9.17, 15) is 14.0 Å². The van der Waals surface area contributed by atoms with Gasteiger partial charge in [-0.05, 0) is 49.4 Å². The average Bonchev–Trinajstić information content (AvgIpc) is 2.67. The summed E-state index contributed by atoms with van der Waals surface area (Å²) >= 11 is 1.45. The first-order valence-corrected chi connectivity index (χ1v) is 10.3. The second-order valence-electron chi connectivity index (χ2n) is 6.42. The van der Waals surface area contributed by atoms with Crippen LogP contribution in [0.1, 0.15) is 29.8 Å². The number of esters is 1. The number of rotatable bonds is 8. The van der Waals surface area contributed by atoms with Gasteiger partial charge in [0.15, 0.2) is 0 Å². The second-order valence-corrected chi connectivity index (χ2v) is 7.67. The molecule has 0 radical (unpaired) electrons. The number of amides is 1. The van der Waals surface area contributed by atoms with Crippen LogP contribution in [0, 0.1) is 12.7 Å². The third-order valence-electron chi connectivity index (χ3n) is 4.23. The van der Waals surface area contributed by atoms with Gasteiger partial charge in [0, 0.05) is 19.8 Å². The number of carbonyl (C=O) groups excluding carboxylic acids is 2. The lowest BCUT2D eigenvalue weighted by atomic mass is 10.1. The number of aryl methyl sites for hydroxylation is 1. The van der Waals surface area contributed by atoms with Gasteiger partial charge in [-0.15, -0.1) is 11.8 Å². The number of carbonyl (C=O) groups is 2. The molecule has 0 fully saturated rings. The molecule has 0 bridgehead atoms. The van der Waals surface area contributed by atoms with Gasteiger partial charge in [-0.3, -0.25) is 9.59 Å². The van der Waals surface area contributed by atoms with E-state index >= 15 is 0 Å². The average molecular weight is 420 g/mol. The molecule has 156 valence electrons. The first kappa shape index (κ1) is 22.7. The first-order chi connectivity index (χ1) is 13.8. The Hall–Kier alpha value is -2.61. The molecule has 0 N–H and O–H groups in total. The van der Waals surface area contributed by atoms with Crippen LogP contribution in [0.15, 0.2) is 35.4 Å². The van der Waals surface area contributed by atoms with Crippen molar-refractivity contribution in [3.8, 4) is 0 Å². The molecule has 2 rings (SSSR count). The summed E-state index contributed by atoms with van der Waals surface area (Å²) in [6, 6.07) is 7.66. The van der Waals surface area contributed by atoms with Gasteiger partial charge in [0.2, 0.25) is 0 Å². The lowest BCUT2D eigenvalue weighted by Crippen LogP contribution is -2.30. The summed E-state index contributed by atoms with van der Waals surface area (Å²) in [4.78, 5) is 32.7. The van der Waals surface area contributed by atoms with Crippen LogP contribution in [0.4, 0.5) is 15.9 Å². The lowest BCUT2D eigenvalue weighted by molar-refractivity contribution is -0.141. The molecule has 6 nitrogen and oxygen atoms in total. The fourth-order valence-corrected chi connectivity index (χ4v) is 3.60. The number of thioether (sulfide) groups is 1. The van der Waals surface area contributed by atoms with Gasteiger partial charge in [0.1, 0.15) is 23.2 Å². The van der Waals surface area contributed by atoms with Gasteiger partial charge in [-0.2, -0.15) is 0 Å². The molecule has 1 aromatic carbocycles. The van der Waals surface area contributed by atoms with Crippen LogP contribution < -0.4 is 9.80 Å². The van der Waals surface area contributed by atoms with Gasteiger partial charge in [-0.25, -0.2) is 9.37 Å². The zero-order chi connectivity index (χ0) is 21.6. The Labute approximate surface area is 175 Å². The summed E-state index contributed by atoms with van der Waals surface area (Å²) in [6.45, 7) is 5.94. The van der Waals surface area contributed by atoms with Crippen molar-refractivity contribution in [2.75, 3.05) is 42.8 Å². The molecule has 0 aliphatic carbocycles. The predicted octanol–water partition coefficient (Wildman–Crippen LogP) is 3.92. The van der Waals surface area contributed by atoms with Crippen molar-refractivity contribution in [1.29, 1.82) is 0 Å². The Morgan fingerprint density at radius 1 is 1.21 bits per heavy atom. The lowest BCUT2D eigenvalue weighted by Gasteiger charge is -2.23. The van der Waals surface area contributed by atoms with Crippen LogP contribution in [-0.4, -0.2) is 49.9 Å². The number of hydrogen-bond donors (Lipinski definition) is 0. The normalized spacial score (nSPS) is 10.6. The molecular formula is C21H26FN3O3S. The Balaban J connectivity index is 2.38. The Kier molecular flexibility index (Phi) is 8.01. The molecule has 0 saturated heterocycles. The molecule has 0 unspecified atom stereocenters. The van der Waals surface area contributed by atoms with E-state index in [2.05, 4.69) is 4.98 Å². The predicted molar refractivity (Wildman–Crippen MR) is 114 cm³/mol. The van der Waals surface area contributed by atoms with Gasteiger partial charge in [0.05, 0.1) is 12.2 Å². The molecule has 1 amide bonds. The van der Waals surface area contributed by atoms with Crippen molar-refractivity contribution in [3.05, 3.63) is 47.3 Å². The molecule has 0 saturated carbocycles. The third kappa shape index (κ3) is 5.69. The topological polar surface area (TPSA) is 62.7 Å². The van der Waals surface area contributed by atoms with Crippen LogP contribution in [0.25, 0.3) is 0 Å². The van der Waals surface area contributed by atoms with E-state index in [4.69, 9.17) is 4.74 Å². The van der Waals surface area contributed by atoms with Crippen molar-refractivity contribution in [2.24, 2.45) is 0 Å². The van der Waals surface area contributed by atoms with E-state index in [1.807, 2.05) is 13.8 Å². The zero-order valence-corrected chi connectivity index (χ0v) is 18.2. The molecule has 29 heavy (non-hydrogen) atoms. The van der Waals surface area contributed by atoms with E-state index in [0.717, 1.165) is 11.3 Å². The molecule has 1 aromatic heterocycles. The molecule has 0 spiro atoms. The van der Waals surface area contributed by atoms with E-state index in [-0.39, 0.29) is 18.4 Å². The monoisotopic (exact) mass is 419 g/mol. The fraction of sp³-hybridized carbons (Fsp3) is 0.381. The van der Waals surface area contributed by atoms with Gasteiger partial charge >= 0.3 is 5.97 Å². The minimum atomic E-state index is -0.406. The number of aromatic nitrogens is 1. The van der Waals surface area contributed by atoms with Crippen molar-refractivity contribution < 1.29 is 18.7 Å². The first-order valence-electron chi connectivity index (χ1n) is 9.33. The number of anilines is 2. The van der Waals surface area contributed by atoms with Crippen molar-refractivity contribution in [2.45, 2.75) is 25.8 Å². The number of nitrogens with zero attached hydrogens (tertiary/aromatic N) is 3. The highest BCUT2D eigenvalue weighted by molar-refractivity contribution is 7.99. The van der Waals surface area contributed by atoms with E-state index in [0.29, 0.717) is 28.7 Å². The highest BCUT2D eigenvalue weighted by Gasteiger charge is 2.23. The zero-order valence-electron chi connectivity index (χ0n) is 17.4. The maximum Gasteiger partial charge on any atom is 0.325 e.